The molecular weight excluding hydrogens is 342 g/mol. The van der Waals surface area contributed by atoms with Crippen LogP contribution in [0.4, 0.5) is 5.69 Å². The van der Waals surface area contributed by atoms with Gasteiger partial charge in [-0.25, -0.2) is 4.79 Å². The van der Waals surface area contributed by atoms with Crippen LogP contribution in [0.3, 0.4) is 0 Å². The molecule has 2 rings (SSSR count). The Morgan fingerprint density at radius 3 is 2.60 bits per heavy atom. The van der Waals surface area contributed by atoms with Crippen molar-refractivity contribution in [2.45, 2.75) is 6.92 Å². The number of rotatable bonds is 4. The summed E-state index contributed by atoms with van der Waals surface area (Å²) >= 11 is 5.06. The van der Waals surface area contributed by atoms with E-state index in [1.54, 1.807) is 6.92 Å². The number of benzene rings is 1. The van der Waals surface area contributed by atoms with Crippen molar-refractivity contribution in [3.05, 3.63) is 59.6 Å². The monoisotopic (exact) mass is 359 g/mol. The van der Waals surface area contributed by atoms with Crippen molar-refractivity contribution in [1.82, 2.24) is 10.9 Å². The van der Waals surface area contributed by atoms with E-state index in [9.17, 15) is 9.59 Å². The van der Waals surface area contributed by atoms with Crippen LogP contribution in [0.2, 0.25) is 0 Å². The number of hydrogen-bond acceptors (Lipinski definition) is 5. The van der Waals surface area contributed by atoms with Gasteiger partial charge in [-0.2, -0.15) is 0 Å². The van der Waals surface area contributed by atoms with E-state index in [1.807, 2.05) is 30.3 Å². The molecule has 7 nitrogen and oxygen atoms in total. The Morgan fingerprint density at radius 1 is 1.20 bits per heavy atom. The number of para-hydroxylation sites is 1. The second kappa shape index (κ2) is 8.65. The molecule has 0 saturated carbocycles. The van der Waals surface area contributed by atoms with Crippen molar-refractivity contribution in [3.63, 3.8) is 0 Å². The van der Waals surface area contributed by atoms with E-state index < -0.39 is 11.9 Å². The fourth-order valence-electron chi connectivity index (χ4n) is 1.90. The first-order valence-electron chi connectivity index (χ1n) is 7.28. The summed E-state index contributed by atoms with van der Waals surface area (Å²) in [6.45, 7) is 1.64. The Balaban J connectivity index is 1.84. The van der Waals surface area contributed by atoms with Crippen LogP contribution in [0, 0.1) is 6.92 Å². The Bertz CT molecular complexity index is 799. The molecule has 0 aliphatic carbocycles. The quantitative estimate of drug-likeness (QED) is 0.334. The van der Waals surface area contributed by atoms with Crippen LogP contribution in [0.1, 0.15) is 21.9 Å². The third kappa shape index (κ3) is 5.47. The minimum absolute atomic E-state index is 0.245. The molecule has 0 aliphatic rings. The van der Waals surface area contributed by atoms with E-state index in [1.165, 1.54) is 25.3 Å². The smallest absolute Gasteiger partial charge is 0.341 e. The minimum Gasteiger partial charge on any atom is -0.465 e. The van der Waals surface area contributed by atoms with Crippen LogP contribution in [0.25, 0.3) is 6.08 Å². The molecule has 130 valence electrons. The third-order valence-corrected chi connectivity index (χ3v) is 3.28. The van der Waals surface area contributed by atoms with E-state index in [0.29, 0.717) is 17.1 Å². The second-order valence-electron chi connectivity index (χ2n) is 4.88. The second-order valence-corrected chi connectivity index (χ2v) is 5.29. The highest BCUT2D eigenvalue weighted by atomic mass is 32.1. The standard InChI is InChI=1S/C17H17N3O4S/c1-11-14(16(22)23-2)10-13(24-11)8-9-15(21)19-20-17(25)18-12-6-4-3-5-7-12/h3-10H,1-2H3,(H,19,21)(H2,18,20,25)/b9-8+. The first-order chi connectivity index (χ1) is 12.0. The summed E-state index contributed by atoms with van der Waals surface area (Å²) in [6, 6.07) is 10.8. The molecular formula is C17H17N3O4S. The molecule has 1 aromatic heterocycles. The van der Waals surface area contributed by atoms with Gasteiger partial charge < -0.3 is 14.5 Å². The number of thiocarbonyl (C=S) groups is 1. The normalized spacial score (nSPS) is 10.3. The summed E-state index contributed by atoms with van der Waals surface area (Å²) in [4.78, 5) is 23.3. The number of hydrogen-bond donors (Lipinski definition) is 3. The SMILES string of the molecule is COC(=O)c1cc(/C=C/C(=O)NNC(=S)Nc2ccccc2)oc1C. The van der Waals surface area contributed by atoms with Gasteiger partial charge in [0.15, 0.2) is 5.11 Å². The molecule has 8 heteroatoms. The van der Waals surface area contributed by atoms with Gasteiger partial charge >= 0.3 is 5.97 Å². The van der Waals surface area contributed by atoms with E-state index in [0.717, 1.165) is 5.69 Å². The van der Waals surface area contributed by atoms with Gasteiger partial charge in [0.05, 0.1) is 7.11 Å². The molecule has 0 radical (unpaired) electrons. The van der Waals surface area contributed by atoms with Gasteiger partial charge in [0.2, 0.25) is 0 Å². The number of amides is 1. The minimum atomic E-state index is -0.496. The number of aryl methyl sites for hydroxylation is 1. The van der Waals surface area contributed by atoms with E-state index in [-0.39, 0.29) is 5.11 Å². The summed E-state index contributed by atoms with van der Waals surface area (Å²) in [5, 5.41) is 3.16. The van der Waals surface area contributed by atoms with Crippen molar-refractivity contribution in [2.24, 2.45) is 0 Å². The first kappa shape index (κ1) is 18.2. The maximum atomic E-state index is 11.8. The number of carbonyl (C=O) groups excluding carboxylic acids is 2. The number of furan rings is 1. The molecule has 3 N–H and O–H groups in total. The Hall–Kier alpha value is -3.13. The molecule has 0 aliphatic heterocycles. The molecule has 0 atom stereocenters. The molecule has 0 saturated heterocycles. The summed E-state index contributed by atoms with van der Waals surface area (Å²) in [6.07, 6.45) is 2.68. The van der Waals surface area contributed by atoms with Crippen LogP contribution in [-0.2, 0) is 9.53 Å². The summed E-state index contributed by atoms with van der Waals surface area (Å²) < 4.78 is 10.0. The lowest BCUT2D eigenvalue weighted by molar-refractivity contribution is -0.116. The van der Waals surface area contributed by atoms with Gasteiger partial charge in [-0.15, -0.1) is 0 Å². The molecule has 2 aromatic rings. The molecule has 0 fully saturated rings. The number of ether oxygens (including phenoxy) is 1. The highest BCUT2D eigenvalue weighted by Gasteiger charge is 2.14. The maximum absolute atomic E-state index is 11.8. The van der Waals surface area contributed by atoms with Crippen LogP contribution in [0.15, 0.2) is 46.9 Å². The first-order valence-corrected chi connectivity index (χ1v) is 7.69. The highest BCUT2D eigenvalue weighted by Crippen LogP contribution is 2.16. The van der Waals surface area contributed by atoms with Gasteiger partial charge in [0, 0.05) is 11.8 Å². The number of carbonyl (C=O) groups is 2. The zero-order chi connectivity index (χ0) is 18.2. The number of anilines is 1. The Morgan fingerprint density at radius 2 is 1.92 bits per heavy atom. The molecule has 0 spiro atoms. The van der Waals surface area contributed by atoms with Gasteiger partial charge in [0.25, 0.3) is 5.91 Å². The molecule has 1 aromatic carbocycles. The lowest BCUT2D eigenvalue weighted by atomic mass is 10.2. The predicted octanol–water partition coefficient (Wildman–Crippen LogP) is 2.41. The van der Waals surface area contributed by atoms with Gasteiger partial charge in [-0.1, -0.05) is 18.2 Å². The van der Waals surface area contributed by atoms with Crippen molar-refractivity contribution in [3.8, 4) is 0 Å². The van der Waals surface area contributed by atoms with E-state index >= 15 is 0 Å². The van der Waals surface area contributed by atoms with Crippen LogP contribution in [0.5, 0.6) is 0 Å². The Labute approximate surface area is 150 Å². The fourth-order valence-corrected chi connectivity index (χ4v) is 2.07. The molecule has 1 heterocycles. The Kier molecular flexibility index (Phi) is 6.30. The topological polar surface area (TPSA) is 92.6 Å². The zero-order valence-corrected chi connectivity index (χ0v) is 14.5. The lowest BCUT2D eigenvalue weighted by Gasteiger charge is -2.10. The number of nitrogens with one attached hydrogen (secondary N) is 3. The van der Waals surface area contributed by atoms with E-state index in [4.69, 9.17) is 16.6 Å². The zero-order valence-electron chi connectivity index (χ0n) is 13.7. The summed E-state index contributed by atoms with van der Waals surface area (Å²) in [7, 11) is 1.29. The summed E-state index contributed by atoms with van der Waals surface area (Å²) in [5.41, 5.74) is 6.10. The average Bonchev–Trinajstić information content (AvgIpc) is 2.99. The molecule has 0 unspecified atom stereocenters. The van der Waals surface area contributed by atoms with Gasteiger partial charge in [-0.05, 0) is 43.4 Å². The summed E-state index contributed by atoms with van der Waals surface area (Å²) in [5.74, 6) is -0.161. The largest absolute Gasteiger partial charge is 0.465 e. The van der Waals surface area contributed by atoms with Gasteiger partial charge in [0.1, 0.15) is 17.1 Å². The van der Waals surface area contributed by atoms with Crippen molar-refractivity contribution in [2.75, 3.05) is 12.4 Å². The van der Waals surface area contributed by atoms with E-state index in [2.05, 4.69) is 20.9 Å². The van der Waals surface area contributed by atoms with Crippen molar-refractivity contribution >= 4 is 41.0 Å². The number of methoxy groups -OCH3 is 1. The van der Waals surface area contributed by atoms with Crippen molar-refractivity contribution < 1.29 is 18.7 Å². The predicted molar refractivity (Wildman–Crippen MR) is 97.8 cm³/mol. The third-order valence-electron chi connectivity index (χ3n) is 3.07. The van der Waals surface area contributed by atoms with Crippen LogP contribution < -0.4 is 16.2 Å². The number of hydrazine groups is 1. The van der Waals surface area contributed by atoms with Crippen molar-refractivity contribution in [1.29, 1.82) is 0 Å². The van der Waals surface area contributed by atoms with Crippen LogP contribution in [-0.4, -0.2) is 24.1 Å². The van der Waals surface area contributed by atoms with Gasteiger partial charge in [-0.3, -0.25) is 15.6 Å². The maximum Gasteiger partial charge on any atom is 0.341 e. The lowest BCUT2D eigenvalue weighted by Crippen LogP contribution is -2.43. The highest BCUT2D eigenvalue weighted by molar-refractivity contribution is 7.80. The molecule has 1 amide bonds. The average molecular weight is 359 g/mol. The fraction of sp³-hybridized carbons (Fsp3) is 0.118. The van der Waals surface area contributed by atoms with Crippen LogP contribution >= 0.6 is 12.2 Å². The number of esters is 1. The molecule has 25 heavy (non-hydrogen) atoms. The molecule has 0 bridgehead atoms.